The molecule has 2 fully saturated rings. The molecule has 0 bridgehead atoms. The number of nitrogens with one attached hydrogen (secondary N) is 2. The van der Waals surface area contributed by atoms with E-state index in [-0.39, 0.29) is 29.6 Å². The Morgan fingerprint density at radius 1 is 1.03 bits per heavy atom. The normalized spacial score (nSPS) is 16.9. The van der Waals surface area contributed by atoms with Crippen LogP contribution in [-0.2, 0) is 0 Å². The molecule has 0 unspecified atom stereocenters. The summed E-state index contributed by atoms with van der Waals surface area (Å²) >= 11 is 1.47. The third-order valence-corrected chi connectivity index (χ3v) is 6.48. The lowest BCUT2D eigenvalue weighted by atomic mass is 10.0. The van der Waals surface area contributed by atoms with E-state index in [2.05, 4.69) is 10.6 Å². The molecule has 1 aliphatic heterocycles. The standard InChI is InChI=1S/C21H24N4O4S/c1-13-2-7-19(30-13)21(27)23-16-8-10-24(11-9-16)17-6-3-14(12-18(17)25(28)29)20(26)22-15-4-5-15/h2-3,6-7,12,15-16H,4-5,8-11H2,1H3,(H,22,26)(H,23,27). The average molecular weight is 429 g/mol. The van der Waals surface area contributed by atoms with Gasteiger partial charge in [0.1, 0.15) is 5.69 Å². The fraction of sp³-hybridized carbons (Fsp3) is 0.429. The van der Waals surface area contributed by atoms with Crippen LogP contribution in [0.3, 0.4) is 0 Å². The highest BCUT2D eigenvalue weighted by atomic mass is 32.1. The first kappa shape index (κ1) is 20.3. The summed E-state index contributed by atoms with van der Waals surface area (Å²) in [7, 11) is 0. The first-order chi connectivity index (χ1) is 14.4. The van der Waals surface area contributed by atoms with E-state index >= 15 is 0 Å². The fourth-order valence-electron chi connectivity index (χ4n) is 3.65. The van der Waals surface area contributed by atoms with Crippen molar-refractivity contribution in [1.29, 1.82) is 0 Å². The van der Waals surface area contributed by atoms with Gasteiger partial charge < -0.3 is 15.5 Å². The monoisotopic (exact) mass is 428 g/mol. The Morgan fingerprint density at radius 3 is 2.30 bits per heavy atom. The van der Waals surface area contributed by atoms with Crippen LogP contribution in [0, 0.1) is 17.0 Å². The van der Waals surface area contributed by atoms with E-state index in [4.69, 9.17) is 0 Å². The molecule has 0 radical (unpaired) electrons. The number of benzene rings is 1. The van der Waals surface area contributed by atoms with Gasteiger partial charge in [-0.3, -0.25) is 19.7 Å². The number of aryl methyl sites for hydroxylation is 1. The van der Waals surface area contributed by atoms with Crippen LogP contribution in [0.5, 0.6) is 0 Å². The molecule has 1 aromatic carbocycles. The third-order valence-electron chi connectivity index (χ3n) is 5.48. The van der Waals surface area contributed by atoms with Gasteiger partial charge in [-0.15, -0.1) is 11.3 Å². The molecular formula is C21H24N4O4S. The van der Waals surface area contributed by atoms with Crippen molar-refractivity contribution in [3.63, 3.8) is 0 Å². The van der Waals surface area contributed by atoms with Crippen LogP contribution in [0.15, 0.2) is 30.3 Å². The first-order valence-corrected chi connectivity index (χ1v) is 10.9. The van der Waals surface area contributed by atoms with Crippen LogP contribution in [0.4, 0.5) is 11.4 Å². The number of piperidine rings is 1. The molecule has 2 N–H and O–H groups in total. The van der Waals surface area contributed by atoms with Crippen LogP contribution < -0.4 is 15.5 Å². The molecule has 158 valence electrons. The number of hydrogen-bond acceptors (Lipinski definition) is 6. The molecule has 1 saturated carbocycles. The Balaban J connectivity index is 1.40. The number of thiophene rings is 1. The van der Waals surface area contributed by atoms with E-state index in [9.17, 15) is 19.7 Å². The van der Waals surface area contributed by atoms with Crippen molar-refractivity contribution >= 4 is 34.5 Å². The number of amides is 2. The van der Waals surface area contributed by atoms with Gasteiger partial charge in [0.05, 0.1) is 9.80 Å². The SMILES string of the molecule is Cc1ccc(C(=O)NC2CCN(c3ccc(C(=O)NC4CC4)cc3[N+](=O)[O-])CC2)s1. The summed E-state index contributed by atoms with van der Waals surface area (Å²) in [6.07, 6.45) is 3.33. The van der Waals surface area contributed by atoms with Crippen LogP contribution in [0.25, 0.3) is 0 Å². The molecule has 8 nitrogen and oxygen atoms in total. The van der Waals surface area contributed by atoms with Crippen molar-refractivity contribution in [2.75, 3.05) is 18.0 Å². The second-order valence-corrected chi connectivity index (χ2v) is 9.14. The van der Waals surface area contributed by atoms with Crippen LogP contribution in [-0.4, -0.2) is 41.9 Å². The van der Waals surface area contributed by atoms with E-state index in [0.29, 0.717) is 42.1 Å². The van der Waals surface area contributed by atoms with Gasteiger partial charge in [-0.25, -0.2) is 0 Å². The molecule has 4 rings (SSSR count). The van der Waals surface area contributed by atoms with Gasteiger partial charge in [0, 0.05) is 41.7 Å². The predicted molar refractivity (Wildman–Crippen MR) is 115 cm³/mol. The molecule has 30 heavy (non-hydrogen) atoms. The molecule has 2 aromatic rings. The molecule has 2 amide bonds. The fourth-order valence-corrected chi connectivity index (χ4v) is 4.42. The Kier molecular flexibility index (Phi) is 5.72. The summed E-state index contributed by atoms with van der Waals surface area (Å²) in [6, 6.07) is 8.66. The minimum Gasteiger partial charge on any atom is -0.366 e. The number of nitro benzene ring substituents is 1. The van der Waals surface area contributed by atoms with E-state index in [0.717, 1.165) is 17.7 Å². The topological polar surface area (TPSA) is 105 Å². The number of nitrogens with zero attached hydrogens (tertiary/aromatic N) is 2. The predicted octanol–water partition coefficient (Wildman–Crippen LogP) is 3.26. The number of hydrogen-bond donors (Lipinski definition) is 2. The summed E-state index contributed by atoms with van der Waals surface area (Å²) < 4.78 is 0. The third kappa shape index (κ3) is 4.62. The van der Waals surface area contributed by atoms with Crippen molar-refractivity contribution in [3.8, 4) is 0 Å². The molecule has 1 saturated heterocycles. The van der Waals surface area contributed by atoms with Crippen molar-refractivity contribution < 1.29 is 14.5 Å². The van der Waals surface area contributed by atoms with Crippen LogP contribution >= 0.6 is 11.3 Å². The van der Waals surface area contributed by atoms with Gasteiger partial charge >= 0.3 is 0 Å². The minimum absolute atomic E-state index is 0.0406. The van der Waals surface area contributed by atoms with Crippen LogP contribution in [0.1, 0.15) is 50.6 Å². The Bertz CT molecular complexity index is 977. The maximum atomic E-state index is 12.4. The van der Waals surface area contributed by atoms with Gasteiger partial charge in [0.15, 0.2) is 0 Å². The van der Waals surface area contributed by atoms with E-state index in [1.165, 1.54) is 17.4 Å². The first-order valence-electron chi connectivity index (χ1n) is 10.1. The largest absolute Gasteiger partial charge is 0.366 e. The number of carbonyl (C=O) groups excluding carboxylic acids is 2. The number of rotatable bonds is 6. The summed E-state index contributed by atoms with van der Waals surface area (Å²) in [5.41, 5.74) is 0.766. The van der Waals surface area contributed by atoms with Crippen molar-refractivity contribution in [1.82, 2.24) is 10.6 Å². The summed E-state index contributed by atoms with van der Waals surface area (Å²) in [4.78, 5) is 39.5. The lowest BCUT2D eigenvalue weighted by Gasteiger charge is -2.33. The zero-order chi connectivity index (χ0) is 21.3. The lowest BCUT2D eigenvalue weighted by molar-refractivity contribution is -0.384. The van der Waals surface area contributed by atoms with Gasteiger partial charge in [-0.1, -0.05) is 0 Å². The number of anilines is 1. The Labute approximate surface area is 178 Å². The van der Waals surface area contributed by atoms with Crippen LogP contribution in [0.2, 0.25) is 0 Å². The Morgan fingerprint density at radius 2 is 1.70 bits per heavy atom. The molecule has 1 aromatic heterocycles. The minimum atomic E-state index is -0.434. The smallest absolute Gasteiger partial charge is 0.293 e. The van der Waals surface area contributed by atoms with Gasteiger partial charge in [0.2, 0.25) is 0 Å². The molecular weight excluding hydrogens is 404 g/mol. The maximum Gasteiger partial charge on any atom is 0.293 e. The lowest BCUT2D eigenvalue weighted by Crippen LogP contribution is -2.44. The number of nitro groups is 1. The van der Waals surface area contributed by atoms with Crippen molar-refractivity contribution in [3.05, 3.63) is 55.8 Å². The highest BCUT2D eigenvalue weighted by molar-refractivity contribution is 7.13. The Hall–Kier alpha value is -2.94. The maximum absolute atomic E-state index is 12.4. The molecule has 0 atom stereocenters. The highest BCUT2D eigenvalue weighted by Crippen LogP contribution is 2.32. The number of carbonyl (C=O) groups is 2. The van der Waals surface area contributed by atoms with E-state index in [1.807, 2.05) is 24.0 Å². The zero-order valence-corrected chi connectivity index (χ0v) is 17.5. The quantitative estimate of drug-likeness (QED) is 0.543. The van der Waals surface area contributed by atoms with E-state index in [1.54, 1.807) is 12.1 Å². The zero-order valence-electron chi connectivity index (χ0n) is 16.7. The summed E-state index contributed by atoms with van der Waals surface area (Å²) in [5.74, 6) is -0.332. The van der Waals surface area contributed by atoms with E-state index < -0.39 is 4.92 Å². The summed E-state index contributed by atoms with van der Waals surface area (Å²) in [5, 5.41) is 17.6. The second-order valence-electron chi connectivity index (χ2n) is 7.85. The molecule has 2 aliphatic rings. The molecule has 1 aliphatic carbocycles. The molecule has 2 heterocycles. The molecule has 0 spiro atoms. The van der Waals surface area contributed by atoms with Crippen molar-refractivity contribution in [2.45, 2.75) is 44.7 Å². The van der Waals surface area contributed by atoms with Gasteiger partial charge in [-0.05, 0) is 56.9 Å². The van der Waals surface area contributed by atoms with Gasteiger partial charge in [0.25, 0.3) is 17.5 Å². The molecule has 9 heteroatoms. The van der Waals surface area contributed by atoms with Gasteiger partial charge in [-0.2, -0.15) is 0 Å². The highest BCUT2D eigenvalue weighted by Gasteiger charge is 2.28. The van der Waals surface area contributed by atoms with Crippen molar-refractivity contribution in [2.24, 2.45) is 0 Å². The second kappa shape index (κ2) is 8.43. The summed E-state index contributed by atoms with van der Waals surface area (Å²) in [6.45, 7) is 3.17. The average Bonchev–Trinajstić information content (AvgIpc) is 3.44.